The predicted octanol–water partition coefficient (Wildman–Crippen LogP) is 3.40. The second-order valence-corrected chi connectivity index (χ2v) is 5.77. The number of carbonyl (C=O) groups excluding carboxylic acids is 1. The number of rotatable bonds is 5. The van der Waals surface area contributed by atoms with E-state index in [0.717, 1.165) is 34.5 Å². The van der Waals surface area contributed by atoms with Crippen molar-refractivity contribution in [2.45, 2.75) is 19.9 Å². The Bertz CT molecular complexity index is 889. The van der Waals surface area contributed by atoms with Crippen LogP contribution < -0.4 is 0 Å². The molecule has 5 nitrogen and oxygen atoms in total. The molecule has 1 amide bonds. The predicted molar refractivity (Wildman–Crippen MR) is 94.3 cm³/mol. The van der Waals surface area contributed by atoms with Gasteiger partial charge in [0.05, 0.1) is 6.54 Å². The first kappa shape index (κ1) is 16.1. The Hall–Kier alpha value is -2.82. The first-order valence-electron chi connectivity index (χ1n) is 8.00. The van der Waals surface area contributed by atoms with Gasteiger partial charge in [-0.05, 0) is 12.1 Å². The summed E-state index contributed by atoms with van der Waals surface area (Å²) in [5.41, 5.74) is 1.83. The van der Waals surface area contributed by atoms with Crippen molar-refractivity contribution in [3.63, 3.8) is 0 Å². The highest BCUT2D eigenvalue weighted by molar-refractivity contribution is 5.96. The molecule has 0 saturated heterocycles. The van der Waals surface area contributed by atoms with Gasteiger partial charge < -0.3 is 13.9 Å². The third kappa shape index (κ3) is 3.11. The first-order chi connectivity index (χ1) is 11.6. The van der Waals surface area contributed by atoms with Crippen molar-refractivity contribution in [2.75, 3.05) is 7.05 Å². The number of likely N-dealkylation sites (N-methyl/N-ethyl adjacent to an activating group) is 1. The lowest BCUT2D eigenvalue weighted by atomic mass is 10.1. The van der Waals surface area contributed by atoms with Crippen LogP contribution in [-0.2, 0) is 24.8 Å². The van der Waals surface area contributed by atoms with Crippen molar-refractivity contribution in [2.24, 2.45) is 7.05 Å². The lowest BCUT2D eigenvalue weighted by molar-refractivity contribution is -0.125. The second-order valence-electron chi connectivity index (χ2n) is 5.77. The van der Waals surface area contributed by atoms with E-state index >= 15 is 0 Å². The van der Waals surface area contributed by atoms with Crippen molar-refractivity contribution in [1.82, 2.24) is 14.5 Å². The molecular formula is C19H21N3O2. The third-order valence-corrected chi connectivity index (χ3v) is 4.10. The zero-order valence-corrected chi connectivity index (χ0v) is 14.2. The van der Waals surface area contributed by atoms with Crippen molar-refractivity contribution in [1.29, 1.82) is 0 Å². The number of aromatic nitrogens is 2. The molecule has 2 aromatic heterocycles. The Kier molecular flexibility index (Phi) is 4.51. The van der Waals surface area contributed by atoms with Crippen LogP contribution in [0.5, 0.6) is 0 Å². The van der Waals surface area contributed by atoms with Crippen molar-refractivity contribution in [3.8, 4) is 0 Å². The van der Waals surface area contributed by atoms with E-state index in [1.165, 1.54) is 0 Å². The van der Waals surface area contributed by atoms with Crippen molar-refractivity contribution in [3.05, 3.63) is 59.9 Å². The Balaban J connectivity index is 1.80. The largest absolute Gasteiger partial charge is 0.460 e. The van der Waals surface area contributed by atoms with E-state index in [1.807, 2.05) is 55.1 Å². The van der Waals surface area contributed by atoms with Crippen LogP contribution in [0, 0.1) is 0 Å². The van der Waals surface area contributed by atoms with E-state index in [-0.39, 0.29) is 5.91 Å². The molecule has 0 fully saturated rings. The average Bonchev–Trinajstić information content (AvgIpc) is 3.15. The van der Waals surface area contributed by atoms with Gasteiger partial charge in [0.2, 0.25) is 5.91 Å². The van der Waals surface area contributed by atoms with Crippen LogP contribution >= 0.6 is 0 Å². The number of fused-ring (bicyclic) bond motifs is 1. The number of para-hydroxylation sites is 1. The molecule has 0 N–H and O–H groups in total. The lowest BCUT2D eigenvalue weighted by Gasteiger charge is -2.14. The van der Waals surface area contributed by atoms with Crippen LogP contribution in [0.3, 0.4) is 0 Å². The van der Waals surface area contributed by atoms with Crippen molar-refractivity contribution < 1.29 is 9.21 Å². The molecule has 1 aromatic carbocycles. The topological polar surface area (TPSA) is 51.3 Å². The van der Waals surface area contributed by atoms with Crippen LogP contribution in [-0.4, -0.2) is 27.4 Å². The highest BCUT2D eigenvalue weighted by atomic mass is 16.3. The van der Waals surface area contributed by atoms with Gasteiger partial charge in [-0.3, -0.25) is 4.79 Å². The highest BCUT2D eigenvalue weighted by Gasteiger charge is 2.12. The molecule has 0 unspecified atom stereocenters. The number of hydrogen-bond acceptors (Lipinski definition) is 3. The van der Waals surface area contributed by atoms with Gasteiger partial charge in [-0.15, -0.1) is 0 Å². The molecular weight excluding hydrogens is 302 g/mol. The Morgan fingerprint density at radius 2 is 2.17 bits per heavy atom. The lowest BCUT2D eigenvalue weighted by Crippen LogP contribution is -2.25. The molecule has 0 aliphatic rings. The maximum absolute atomic E-state index is 12.4. The number of nitrogens with zero attached hydrogens (tertiary/aromatic N) is 3. The van der Waals surface area contributed by atoms with Gasteiger partial charge in [0.25, 0.3) is 0 Å². The molecule has 0 spiro atoms. The van der Waals surface area contributed by atoms with E-state index in [2.05, 4.69) is 4.98 Å². The van der Waals surface area contributed by atoms with E-state index in [9.17, 15) is 4.79 Å². The fourth-order valence-electron chi connectivity index (χ4n) is 2.68. The monoisotopic (exact) mass is 323 g/mol. The third-order valence-electron chi connectivity index (χ3n) is 4.10. The fraction of sp³-hybridized carbons (Fsp3) is 0.263. The van der Waals surface area contributed by atoms with Gasteiger partial charge in [0.1, 0.15) is 17.2 Å². The number of imidazole rings is 1. The normalized spacial score (nSPS) is 11.5. The maximum atomic E-state index is 12.4. The van der Waals surface area contributed by atoms with E-state index in [0.29, 0.717) is 6.54 Å². The molecule has 5 heteroatoms. The van der Waals surface area contributed by atoms with Gasteiger partial charge in [0.15, 0.2) is 0 Å². The summed E-state index contributed by atoms with van der Waals surface area (Å²) in [5.74, 6) is 1.68. The summed E-state index contributed by atoms with van der Waals surface area (Å²) in [6.07, 6.45) is 7.83. The molecule has 124 valence electrons. The average molecular weight is 323 g/mol. The van der Waals surface area contributed by atoms with Gasteiger partial charge >= 0.3 is 0 Å². The quantitative estimate of drug-likeness (QED) is 0.676. The summed E-state index contributed by atoms with van der Waals surface area (Å²) in [6, 6.07) is 7.88. The minimum Gasteiger partial charge on any atom is -0.460 e. The molecule has 0 saturated carbocycles. The number of amides is 1. The standard InChI is InChI=1S/C19H21N3O2/c1-4-16-15(14-7-5-6-8-17(14)24-16)9-10-19(23)22(3)13-18-20-11-12-21(18)2/h5-12H,4,13H2,1-3H3. The Morgan fingerprint density at radius 3 is 2.88 bits per heavy atom. The molecule has 0 atom stereocenters. The number of furan rings is 1. The first-order valence-corrected chi connectivity index (χ1v) is 8.00. The number of aryl methyl sites for hydroxylation is 2. The molecule has 3 aromatic rings. The van der Waals surface area contributed by atoms with Crippen LogP contribution in [0.25, 0.3) is 17.0 Å². The van der Waals surface area contributed by atoms with Gasteiger partial charge in [0, 0.05) is 49.9 Å². The summed E-state index contributed by atoms with van der Waals surface area (Å²) in [6.45, 7) is 2.52. The zero-order chi connectivity index (χ0) is 17.1. The summed E-state index contributed by atoms with van der Waals surface area (Å²) in [7, 11) is 3.69. The highest BCUT2D eigenvalue weighted by Crippen LogP contribution is 2.27. The molecule has 0 bridgehead atoms. The van der Waals surface area contributed by atoms with Crippen LogP contribution in [0.15, 0.2) is 47.2 Å². The molecule has 0 aliphatic heterocycles. The Morgan fingerprint density at radius 1 is 1.38 bits per heavy atom. The zero-order valence-electron chi connectivity index (χ0n) is 14.2. The van der Waals surface area contributed by atoms with Gasteiger partial charge in [-0.1, -0.05) is 25.1 Å². The molecule has 24 heavy (non-hydrogen) atoms. The van der Waals surface area contributed by atoms with Crippen LogP contribution in [0.1, 0.15) is 24.1 Å². The summed E-state index contributed by atoms with van der Waals surface area (Å²) in [4.78, 5) is 18.3. The Labute approximate surface area is 141 Å². The molecule has 2 heterocycles. The van der Waals surface area contributed by atoms with Gasteiger partial charge in [-0.25, -0.2) is 4.98 Å². The fourth-order valence-corrected chi connectivity index (χ4v) is 2.68. The SMILES string of the molecule is CCc1oc2ccccc2c1C=CC(=O)N(C)Cc1nccn1C. The smallest absolute Gasteiger partial charge is 0.246 e. The molecule has 0 aliphatic carbocycles. The maximum Gasteiger partial charge on any atom is 0.246 e. The number of carbonyl (C=O) groups is 1. The summed E-state index contributed by atoms with van der Waals surface area (Å²) >= 11 is 0. The van der Waals surface area contributed by atoms with E-state index < -0.39 is 0 Å². The van der Waals surface area contributed by atoms with E-state index in [1.54, 1.807) is 24.2 Å². The van der Waals surface area contributed by atoms with Crippen LogP contribution in [0.4, 0.5) is 0 Å². The van der Waals surface area contributed by atoms with Crippen molar-refractivity contribution >= 4 is 23.0 Å². The molecule has 0 radical (unpaired) electrons. The number of hydrogen-bond donors (Lipinski definition) is 0. The minimum atomic E-state index is -0.0645. The van der Waals surface area contributed by atoms with Gasteiger partial charge in [-0.2, -0.15) is 0 Å². The van der Waals surface area contributed by atoms with E-state index in [4.69, 9.17) is 4.42 Å². The molecule has 3 rings (SSSR count). The summed E-state index contributed by atoms with van der Waals surface area (Å²) < 4.78 is 7.76. The summed E-state index contributed by atoms with van der Waals surface area (Å²) in [5, 5.41) is 1.03. The number of benzene rings is 1. The minimum absolute atomic E-state index is 0.0645. The second kappa shape index (κ2) is 6.74. The van der Waals surface area contributed by atoms with Crippen LogP contribution in [0.2, 0.25) is 0 Å².